The van der Waals surface area contributed by atoms with Crippen molar-refractivity contribution in [2.45, 2.75) is 145 Å². The first-order valence-corrected chi connectivity index (χ1v) is 46.9. The van der Waals surface area contributed by atoms with Crippen LogP contribution in [0.3, 0.4) is 0 Å². The molecule has 0 unspecified atom stereocenters. The monoisotopic (exact) mass is 1970 g/mol. The number of aromatic nitrogens is 5. The van der Waals surface area contributed by atoms with Crippen LogP contribution in [0.2, 0.25) is 0 Å². The van der Waals surface area contributed by atoms with Crippen molar-refractivity contribution in [2.75, 3.05) is 176 Å². The Hall–Kier alpha value is -13.9. The van der Waals surface area contributed by atoms with E-state index in [4.69, 9.17) is 34.5 Å². The molecule has 5 aliphatic heterocycles. The predicted octanol–water partition coefficient (Wildman–Crippen LogP) is 16.0. The maximum absolute atomic E-state index is 13.4. The summed E-state index contributed by atoms with van der Waals surface area (Å²) in [5.41, 5.74) is 15.5. The van der Waals surface area contributed by atoms with E-state index in [9.17, 15) is 47.9 Å². The summed E-state index contributed by atoms with van der Waals surface area (Å²) < 4.78 is 36.8. The van der Waals surface area contributed by atoms with Gasteiger partial charge in [0.15, 0.2) is 11.6 Å². The first-order valence-electron chi connectivity index (χ1n) is 46.1. The van der Waals surface area contributed by atoms with Crippen LogP contribution < -0.4 is 41.3 Å². The van der Waals surface area contributed by atoms with Crippen LogP contribution in [0.1, 0.15) is 167 Å². The number of methoxy groups -OCH3 is 2. The van der Waals surface area contributed by atoms with E-state index in [2.05, 4.69) is 85.9 Å². The number of hydrogen-bond donors (Lipinski definition) is 5. The molecule has 0 radical (unpaired) electrons. The highest BCUT2D eigenvalue weighted by Crippen LogP contribution is 2.31. The molecule has 0 saturated carbocycles. The molecule has 5 aromatic heterocycles. The van der Waals surface area contributed by atoms with Crippen molar-refractivity contribution in [1.82, 2.24) is 55.2 Å². The van der Waals surface area contributed by atoms with E-state index >= 15 is 0 Å². The Bertz CT molecular complexity index is 5530. The zero-order valence-corrected chi connectivity index (χ0v) is 84.2. The minimum absolute atomic E-state index is 0.0242. The number of esters is 2. The summed E-state index contributed by atoms with van der Waals surface area (Å²) in [6, 6.07) is 48.8. The standard InChI is InChI=1S/C33H40N4O5.C23H24N4O.C16H23N3O4.C15H21N3O4.C9H18N2O2.C7H6BrNO2/c1-32(2,3)41-30(39)35-27-14-12-24(23-10-8-7-9-11-23)20-25(27)21-29(38)28-15-13-26(22-34-28)36-16-18-37(19-17-36)31(40)42-33(4,5)6;24-21-8-6-18(17-4-2-1-3-5-17)14-19(21)15-23(28)22-9-7-20(16-26-22)27-12-10-25-11-13-27;1-16(2,3)23-15(21)19-9-7-18(8-10-19)12-5-6-13(17-11-12)14(20)22-4;1-15(2,3)22-14(21)18-8-6-17(7-9-18)11-4-5-12(13(19)20)16-10-11;1-9(2,3)13-8(12)11-6-4-10-5-7-11;1-11-7(10)6-3-2-5(8)4-9-6/h7-15,20,22H,16-19,21H2,1-6H3,(H,35,39);1-9,14,16,25H,10-13,15,24H2;5-6,11H,7-10H2,1-4H3;4-5,10H,6-9H2,1-3H3,(H,19,20);10H,4-7H2,1-3H3;2-4H,1H3. The SMILES string of the molecule is CC(C)(C)OC(=O)N1CCN(c2ccc(C(=O)O)nc2)CC1.CC(C)(C)OC(=O)N1CCNCC1.CC(C)(C)OC(=O)Nc1ccc(-c2ccccc2)cc1CC(=O)c1ccc(N2CCN(C(=O)OC(C)(C)C)CC2)cn1.COC(=O)c1ccc(Br)cn1.COC(=O)c1ccc(N2CCN(C(=O)OC(C)(C)C)CC2)cn1.Nc1ccc(-c2ccccc2)cc1CC(=O)c1ccc(N2CCNCC2)cn1. The van der Waals surface area contributed by atoms with Crippen LogP contribution in [-0.2, 0) is 46.0 Å². The first-order chi connectivity index (χ1) is 65.8. The molecule has 744 valence electrons. The second-order valence-electron chi connectivity index (χ2n) is 37.9. The van der Waals surface area contributed by atoms with E-state index in [1.807, 2.05) is 198 Å². The van der Waals surface area contributed by atoms with Gasteiger partial charge in [-0.05, 0) is 238 Å². The molecule has 14 rings (SSSR count). The summed E-state index contributed by atoms with van der Waals surface area (Å²) in [6.45, 7) is 42.2. The lowest BCUT2D eigenvalue weighted by Crippen LogP contribution is -2.50. The number of piperazine rings is 5. The zero-order valence-electron chi connectivity index (χ0n) is 82.6. The van der Waals surface area contributed by atoms with Crippen LogP contribution in [0.5, 0.6) is 0 Å². The molecule has 10 heterocycles. The molecule has 6 N–H and O–H groups in total. The number of hydrogen-bond acceptors (Lipinski definition) is 29. The third-order valence-corrected chi connectivity index (χ3v) is 21.7. The van der Waals surface area contributed by atoms with E-state index in [-0.39, 0.29) is 65.8 Å². The van der Waals surface area contributed by atoms with E-state index in [0.29, 0.717) is 113 Å². The summed E-state index contributed by atoms with van der Waals surface area (Å²) in [7, 11) is 2.65. The Morgan fingerprint density at radius 3 is 0.993 bits per heavy atom. The van der Waals surface area contributed by atoms with Gasteiger partial charge in [-0.25, -0.2) is 53.3 Å². The normalized spacial score (nSPS) is 14.5. The highest BCUT2D eigenvalue weighted by molar-refractivity contribution is 9.10. The van der Waals surface area contributed by atoms with E-state index < -0.39 is 46.4 Å². The van der Waals surface area contributed by atoms with Gasteiger partial charge in [-0.1, -0.05) is 72.8 Å². The largest absolute Gasteiger partial charge is 0.477 e. The number of pyridine rings is 5. The fourth-order valence-electron chi connectivity index (χ4n) is 14.3. The van der Waals surface area contributed by atoms with Crippen LogP contribution in [0.15, 0.2) is 193 Å². The number of carboxylic acids is 1. The van der Waals surface area contributed by atoms with Crippen molar-refractivity contribution < 1.29 is 86.2 Å². The number of halogens is 1. The molecule has 5 fully saturated rings. The van der Waals surface area contributed by atoms with Crippen molar-refractivity contribution in [1.29, 1.82) is 0 Å². The number of nitrogens with two attached hydrogens (primary N) is 1. The number of nitrogens with one attached hydrogen (secondary N) is 3. The highest BCUT2D eigenvalue weighted by atomic mass is 79.9. The van der Waals surface area contributed by atoms with E-state index in [1.165, 1.54) is 20.3 Å². The van der Waals surface area contributed by atoms with Gasteiger partial charge in [-0.15, -0.1) is 0 Å². The third-order valence-electron chi connectivity index (χ3n) is 21.2. The molecule has 0 bridgehead atoms. The second kappa shape index (κ2) is 51.0. The number of carbonyl (C=O) groups is 10. The number of benzene rings is 4. The van der Waals surface area contributed by atoms with Gasteiger partial charge in [0.25, 0.3) is 0 Å². The number of aromatic carboxylic acids is 1. The lowest BCUT2D eigenvalue weighted by Gasteiger charge is -2.36. The average molecular weight is 1980 g/mol. The number of nitrogens with zero attached hydrogens (tertiary/aromatic N) is 13. The Labute approximate surface area is 822 Å². The number of rotatable bonds is 16. The molecule has 139 heavy (non-hydrogen) atoms. The fraction of sp³-hybridized carbons (Fsp3) is 0.427. The summed E-state index contributed by atoms with van der Waals surface area (Å²) in [4.78, 5) is 156. The molecule has 0 spiro atoms. The quantitative estimate of drug-likeness (QED) is 0.0259. The number of ketones is 2. The van der Waals surface area contributed by atoms with E-state index in [0.717, 1.165) is 107 Å². The molecule has 5 aliphatic rings. The second-order valence-corrected chi connectivity index (χ2v) is 38.8. The summed E-state index contributed by atoms with van der Waals surface area (Å²) in [6.07, 6.45) is 6.85. The van der Waals surface area contributed by atoms with E-state index in [1.54, 1.807) is 108 Å². The highest BCUT2D eigenvalue weighted by Gasteiger charge is 2.32. The fourth-order valence-corrected chi connectivity index (χ4v) is 14.5. The Morgan fingerprint density at radius 1 is 0.353 bits per heavy atom. The smallest absolute Gasteiger partial charge is 0.412 e. The van der Waals surface area contributed by atoms with Gasteiger partial charge in [0, 0.05) is 166 Å². The summed E-state index contributed by atoms with van der Waals surface area (Å²) >= 11 is 3.20. The number of amides is 5. The van der Waals surface area contributed by atoms with Crippen LogP contribution in [0, 0.1) is 0 Å². The maximum Gasteiger partial charge on any atom is 0.412 e. The van der Waals surface area contributed by atoms with Crippen LogP contribution >= 0.6 is 15.9 Å². The van der Waals surface area contributed by atoms with Gasteiger partial charge < -0.3 is 93.8 Å². The molecule has 9 aromatic rings. The number of carboxylic acid groups (broad SMARTS) is 1. The molecular weight excluding hydrogens is 1840 g/mol. The van der Waals surface area contributed by atoms with Crippen LogP contribution in [-0.4, -0.2) is 283 Å². The molecule has 0 atom stereocenters. The van der Waals surface area contributed by atoms with Crippen molar-refractivity contribution in [2.24, 2.45) is 0 Å². The van der Waals surface area contributed by atoms with Gasteiger partial charge >= 0.3 is 48.4 Å². The Morgan fingerprint density at radius 2 is 0.662 bits per heavy atom. The summed E-state index contributed by atoms with van der Waals surface area (Å²) in [5, 5.41) is 18.2. The Balaban J connectivity index is 0.000000196. The van der Waals surface area contributed by atoms with Gasteiger partial charge in [-0.3, -0.25) is 24.9 Å². The first kappa shape index (κ1) is 109. The number of ether oxygens (including phenoxy) is 7. The molecule has 35 nitrogen and oxygen atoms in total. The van der Waals surface area contributed by atoms with Gasteiger partial charge in [0.05, 0.1) is 61.8 Å². The van der Waals surface area contributed by atoms with Crippen molar-refractivity contribution in [3.8, 4) is 22.3 Å². The molecule has 4 aromatic carbocycles. The van der Waals surface area contributed by atoms with Crippen LogP contribution in [0.25, 0.3) is 22.3 Å². The minimum atomic E-state index is -1.04. The summed E-state index contributed by atoms with van der Waals surface area (Å²) in [5.74, 6) is -2.11. The lowest BCUT2D eigenvalue weighted by molar-refractivity contribution is 0.0221. The Kier molecular flexibility index (Phi) is 39.9. The van der Waals surface area contributed by atoms with Crippen molar-refractivity contribution >= 4 is 110 Å². The molecular formula is C103H132BrN17O18. The molecule has 36 heteroatoms. The topological polar surface area (TPSA) is 408 Å². The molecule has 0 aliphatic carbocycles. The maximum atomic E-state index is 13.4. The number of carbonyl (C=O) groups excluding carboxylic acids is 9. The number of nitrogen functional groups attached to an aromatic ring is 1. The predicted molar refractivity (Wildman–Crippen MR) is 538 cm³/mol. The third kappa shape index (κ3) is 36.5. The van der Waals surface area contributed by atoms with Crippen LogP contribution in [0.4, 0.5) is 58.1 Å². The van der Waals surface area contributed by atoms with Gasteiger partial charge in [-0.2, -0.15) is 0 Å². The average Bonchev–Trinajstić information content (AvgIpc) is 0.789. The molecule has 5 amide bonds. The zero-order chi connectivity index (χ0) is 101. The lowest BCUT2D eigenvalue weighted by atomic mass is 9.98. The van der Waals surface area contributed by atoms with Gasteiger partial charge in [0.1, 0.15) is 56.5 Å². The van der Waals surface area contributed by atoms with Crippen molar-refractivity contribution in [3.63, 3.8) is 0 Å². The van der Waals surface area contributed by atoms with Crippen molar-refractivity contribution in [3.05, 3.63) is 233 Å². The minimum Gasteiger partial charge on any atom is -0.477 e. The molecule has 5 saturated heterocycles. The van der Waals surface area contributed by atoms with Gasteiger partial charge in [0.2, 0.25) is 0 Å². The number of anilines is 6. The number of Topliss-reactive ketones (excluding diaryl/α,β-unsaturated/α-hetero) is 2.